The van der Waals surface area contributed by atoms with Crippen LogP contribution in [0.15, 0.2) is 12.3 Å². The second kappa shape index (κ2) is 23.5. The number of ketones is 1. The first kappa shape index (κ1) is 38.6. The van der Waals surface area contributed by atoms with E-state index in [1.165, 1.54) is 11.8 Å². The zero-order valence-electron chi connectivity index (χ0n) is 20.6. The molecule has 2 amide bonds. The maximum Gasteiger partial charge on any atom is 0.216 e. The van der Waals surface area contributed by atoms with Crippen molar-refractivity contribution in [1.82, 2.24) is 10.6 Å². The summed E-state index contributed by atoms with van der Waals surface area (Å²) in [5, 5.41) is 22.3. The maximum absolute atomic E-state index is 12.3. The van der Waals surface area contributed by atoms with Crippen molar-refractivity contribution in [3.63, 3.8) is 0 Å². The number of aliphatic hydroxyl groups is 1. The van der Waals surface area contributed by atoms with Crippen LogP contribution in [0.2, 0.25) is 0 Å². The van der Waals surface area contributed by atoms with Gasteiger partial charge in [0, 0.05) is 59.2 Å². The number of hydrogen-bond acceptors (Lipinski definition) is 9. The minimum atomic E-state index is -1.38. The second-order valence-corrected chi connectivity index (χ2v) is 8.97. The molecule has 199 valence electrons. The molecule has 0 aromatic rings. The molecule has 0 aliphatic carbocycles. The molecule has 0 aromatic heterocycles. The van der Waals surface area contributed by atoms with Gasteiger partial charge in [-0.25, -0.2) is 11.5 Å². The van der Waals surface area contributed by atoms with Crippen molar-refractivity contribution in [2.75, 3.05) is 18.1 Å². The Morgan fingerprint density at radius 2 is 1.89 bits per heavy atom. The molecule has 35 heavy (non-hydrogen) atoms. The Labute approximate surface area is 237 Å². The quantitative estimate of drug-likeness (QED) is 0.0390. The van der Waals surface area contributed by atoms with E-state index in [0.717, 1.165) is 6.42 Å². The van der Waals surface area contributed by atoms with Gasteiger partial charge in [0.25, 0.3) is 0 Å². The molecule has 7 N–H and O–H groups in total. The third-order valence-corrected chi connectivity index (χ3v) is 5.80. The summed E-state index contributed by atoms with van der Waals surface area (Å²) in [6, 6.07) is -2.52. The predicted octanol–water partition coefficient (Wildman–Crippen LogP) is 1.25. The number of carbonyl (C=O) groups is 3. The Balaban J connectivity index is -0.000000866. The summed E-state index contributed by atoms with van der Waals surface area (Å²) >= 11 is 1.34. The van der Waals surface area contributed by atoms with Crippen LogP contribution >= 0.6 is 11.8 Å². The Hall–Kier alpha value is -0.886. The van der Waals surface area contributed by atoms with E-state index in [2.05, 4.69) is 22.1 Å². The Kier molecular flexibility index (Phi) is 26.0. The van der Waals surface area contributed by atoms with Gasteiger partial charge in [0.1, 0.15) is 5.76 Å². The van der Waals surface area contributed by atoms with Gasteiger partial charge < -0.3 is 36.9 Å². The predicted molar refractivity (Wildman–Crippen MR) is 131 cm³/mol. The van der Waals surface area contributed by atoms with E-state index >= 15 is 0 Å². The van der Waals surface area contributed by atoms with Gasteiger partial charge in [-0.2, -0.15) is 11.8 Å². The van der Waals surface area contributed by atoms with Gasteiger partial charge in [-0.05, 0) is 24.1 Å². The molecule has 13 heteroatoms. The van der Waals surface area contributed by atoms with Crippen LogP contribution in [0, 0.1) is 18.9 Å². The summed E-state index contributed by atoms with van der Waals surface area (Å²) in [6.07, 6.45) is 2.69. The summed E-state index contributed by atoms with van der Waals surface area (Å²) in [4.78, 5) is 49.1. The van der Waals surface area contributed by atoms with Crippen LogP contribution in [0.1, 0.15) is 46.5 Å². The number of nitrogens with two attached hydrogens (primary N) is 1. The summed E-state index contributed by atoms with van der Waals surface area (Å²) < 4.78 is 0. The molecule has 3 radical (unpaired) electrons. The van der Waals surface area contributed by atoms with Gasteiger partial charge in [-0.3, -0.25) is 14.4 Å². The number of amides is 2. The molecule has 0 fully saturated rings. The number of primary amides is 1. The first-order valence-electron chi connectivity index (χ1n) is 10.8. The molecule has 11 nitrogen and oxygen atoms in total. The molecular weight excluding hydrogens is 553 g/mol. The molecule has 0 aliphatic heterocycles. The number of carbonyl (C=O) groups excluding carboxylic acids is 4. The monoisotopic (exact) mass is 591 g/mol. The number of hydrogen-bond donors (Lipinski definition) is 5. The first-order chi connectivity index (χ1) is 16.0. The standard InChI is InChI=1S/C15H26N3O6S.C7H12NO.Y/c1-9(7-19)5-13(20)12(3-4-25-8-10(2)24-23)18-15(22)11(16)6-14(17)21;1-4-6(2)7(5-9)8-3;/h9,11-12,16,19,23H,2-8H2,1H3,(H2,17,21)(H,18,22);3,6-8H,4H2,1-2H3;/q2*-1;/t9?,11-,12?;6-,7-;/m01./s1. The van der Waals surface area contributed by atoms with Gasteiger partial charge in [-0.1, -0.05) is 45.7 Å². The number of thioether (sulfide) groups is 1. The van der Waals surface area contributed by atoms with Crippen molar-refractivity contribution in [3.05, 3.63) is 25.1 Å². The van der Waals surface area contributed by atoms with E-state index in [0.29, 0.717) is 11.5 Å². The van der Waals surface area contributed by atoms with E-state index in [1.807, 2.05) is 20.1 Å². The number of Topliss-reactive ketones (excluding diaryl/α,β-unsaturated/α-hetero) is 1. The molecule has 0 heterocycles. The second-order valence-electron chi connectivity index (χ2n) is 7.86. The van der Waals surface area contributed by atoms with E-state index in [-0.39, 0.29) is 81.6 Å². The zero-order valence-corrected chi connectivity index (χ0v) is 24.3. The van der Waals surface area contributed by atoms with Gasteiger partial charge in [0.2, 0.25) is 11.8 Å². The van der Waals surface area contributed by atoms with E-state index in [9.17, 15) is 19.2 Å². The molecule has 5 atom stereocenters. The van der Waals surface area contributed by atoms with Crippen molar-refractivity contribution in [3.8, 4) is 0 Å². The number of nitrogens with one attached hydrogen (secondary N) is 3. The molecule has 0 spiro atoms. The molecule has 0 saturated heterocycles. The van der Waals surface area contributed by atoms with E-state index in [1.54, 1.807) is 6.92 Å². The molecule has 0 aromatic carbocycles. The van der Waals surface area contributed by atoms with Crippen molar-refractivity contribution >= 4 is 35.6 Å². The molecule has 0 saturated carbocycles. The normalized spacial score (nSPS) is 14.5. The summed E-state index contributed by atoms with van der Waals surface area (Å²) in [5.41, 5.74) is 12.6. The van der Waals surface area contributed by atoms with E-state index < -0.39 is 30.3 Å². The third kappa shape index (κ3) is 19.9. The van der Waals surface area contributed by atoms with Crippen molar-refractivity contribution in [1.29, 1.82) is 0 Å². The Morgan fingerprint density at radius 1 is 1.29 bits per heavy atom. The van der Waals surface area contributed by atoms with Crippen LogP contribution in [0.3, 0.4) is 0 Å². The number of rotatable bonds is 18. The minimum Gasteiger partial charge on any atom is -0.666 e. The van der Waals surface area contributed by atoms with Crippen LogP contribution < -0.4 is 16.4 Å². The van der Waals surface area contributed by atoms with Crippen molar-refractivity contribution in [2.24, 2.45) is 17.6 Å². The van der Waals surface area contributed by atoms with Crippen molar-refractivity contribution in [2.45, 2.75) is 64.6 Å². The fraction of sp³-hybridized carbons (Fsp3) is 0.682. The fourth-order valence-electron chi connectivity index (χ4n) is 2.39. The third-order valence-electron chi connectivity index (χ3n) is 4.75. The van der Waals surface area contributed by atoms with Gasteiger partial charge in [0.15, 0.2) is 5.78 Å². The number of aliphatic hydroxyl groups excluding tert-OH is 1. The average Bonchev–Trinajstić information content (AvgIpc) is 2.80. The Morgan fingerprint density at radius 3 is 2.29 bits per heavy atom. The summed E-state index contributed by atoms with van der Waals surface area (Å²) in [7, 11) is 5.05. The van der Waals surface area contributed by atoms with Gasteiger partial charge in [-0.15, -0.1) is 0 Å². The Bertz CT molecular complexity index is 643. The minimum absolute atomic E-state index is 0. The molecule has 0 bridgehead atoms. The van der Waals surface area contributed by atoms with Crippen LogP contribution in [0.5, 0.6) is 0 Å². The van der Waals surface area contributed by atoms with Gasteiger partial charge >= 0.3 is 0 Å². The zero-order chi connectivity index (χ0) is 26.7. The molecule has 0 rings (SSSR count). The average molecular weight is 592 g/mol. The summed E-state index contributed by atoms with van der Waals surface area (Å²) in [6.45, 7) is 8.96. The molecule has 0 aliphatic rings. The van der Waals surface area contributed by atoms with Crippen LogP contribution in [-0.2, 0) is 56.8 Å². The summed E-state index contributed by atoms with van der Waals surface area (Å²) in [5.74, 6) is -0.817. The first-order valence-corrected chi connectivity index (χ1v) is 12.0. The fourth-order valence-corrected chi connectivity index (χ4v) is 3.22. The molecular formula is C22H38N4O7SY-2. The van der Waals surface area contributed by atoms with E-state index in [4.69, 9.17) is 28.9 Å². The van der Waals surface area contributed by atoms with Crippen molar-refractivity contribution < 1.29 is 67.1 Å². The molecule has 2 unspecified atom stereocenters. The largest absolute Gasteiger partial charge is 0.666 e. The van der Waals surface area contributed by atoms with Crippen LogP contribution in [-0.4, -0.2) is 70.5 Å². The topological polar surface area (TPSA) is 192 Å². The van der Waals surface area contributed by atoms with Gasteiger partial charge in [0.05, 0.1) is 11.8 Å². The maximum atomic E-state index is 12.3. The SMILES string of the molecule is C=C(CSCCC(NC(=O)[C@@H]([NH-])CC(N)=O)C(=O)CC(C)CO)OO.[CH]N[C@H]([C-]=O)[C@H](C)CC.[Y]. The van der Waals surface area contributed by atoms with Crippen LogP contribution in [0.4, 0.5) is 0 Å². The smallest absolute Gasteiger partial charge is 0.216 e. The van der Waals surface area contributed by atoms with Crippen LogP contribution in [0.25, 0.3) is 5.73 Å².